The smallest absolute Gasteiger partial charge is 0.243 e. The van der Waals surface area contributed by atoms with E-state index >= 15 is 0 Å². The first-order chi connectivity index (χ1) is 9.72. The lowest BCUT2D eigenvalue weighted by Crippen LogP contribution is -2.43. The molecule has 7 heteroatoms. The van der Waals surface area contributed by atoms with Crippen LogP contribution in [0.1, 0.15) is 51.3 Å². The second-order valence-corrected chi connectivity index (χ2v) is 10.4. The Bertz CT molecular complexity index is 590. The van der Waals surface area contributed by atoms with Gasteiger partial charge in [0.2, 0.25) is 10.0 Å². The maximum absolute atomic E-state index is 12.6. The Morgan fingerprint density at radius 2 is 2.00 bits per heavy atom. The zero-order valence-electron chi connectivity index (χ0n) is 12.7. The summed E-state index contributed by atoms with van der Waals surface area (Å²) in [6.45, 7) is 6.83. The highest BCUT2D eigenvalue weighted by Crippen LogP contribution is 2.35. The third-order valence-corrected chi connectivity index (χ3v) is 7.66. The summed E-state index contributed by atoms with van der Waals surface area (Å²) in [5, 5.41) is 3.31. The molecule has 0 aromatic carbocycles. The minimum absolute atomic E-state index is 0.295. The van der Waals surface area contributed by atoms with Gasteiger partial charge in [-0.1, -0.05) is 26.7 Å². The van der Waals surface area contributed by atoms with Gasteiger partial charge in [0.1, 0.15) is 4.90 Å². The lowest BCUT2D eigenvalue weighted by Gasteiger charge is -2.24. The molecule has 1 heterocycles. The molecule has 120 valence electrons. The van der Waals surface area contributed by atoms with Crippen molar-refractivity contribution in [1.29, 1.82) is 0 Å². The van der Waals surface area contributed by atoms with E-state index in [9.17, 15) is 8.42 Å². The molecule has 0 unspecified atom stereocenters. The Morgan fingerprint density at radius 1 is 1.38 bits per heavy atom. The lowest BCUT2D eigenvalue weighted by molar-refractivity contribution is 0.427. The molecule has 4 nitrogen and oxygen atoms in total. The van der Waals surface area contributed by atoms with Crippen molar-refractivity contribution in [3.8, 4) is 0 Å². The van der Waals surface area contributed by atoms with E-state index < -0.39 is 10.0 Å². The summed E-state index contributed by atoms with van der Waals surface area (Å²) < 4.78 is 28.8. The van der Waals surface area contributed by atoms with Gasteiger partial charge in [0.05, 0.1) is 3.79 Å². The van der Waals surface area contributed by atoms with Crippen molar-refractivity contribution in [3.63, 3.8) is 0 Å². The third-order valence-electron chi connectivity index (χ3n) is 3.77. The predicted molar refractivity (Wildman–Crippen MR) is 91.2 cm³/mol. The highest BCUT2D eigenvalue weighted by molar-refractivity contribution is 9.11. The van der Waals surface area contributed by atoms with E-state index in [1.165, 1.54) is 11.3 Å². The van der Waals surface area contributed by atoms with Crippen LogP contribution in [0.3, 0.4) is 0 Å². The summed E-state index contributed by atoms with van der Waals surface area (Å²) in [6.07, 6.45) is 4.01. The van der Waals surface area contributed by atoms with Crippen LogP contribution in [-0.2, 0) is 16.6 Å². The van der Waals surface area contributed by atoms with Gasteiger partial charge in [0.15, 0.2) is 0 Å². The molecular weight excluding hydrogens is 372 g/mol. The minimum Gasteiger partial charge on any atom is -0.310 e. The van der Waals surface area contributed by atoms with E-state index in [0.717, 1.165) is 30.6 Å². The summed E-state index contributed by atoms with van der Waals surface area (Å²) >= 11 is 4.87. The quantitative estimate of drug-likeness (QED) is 0.774. The largest absolute Gasteiger partial charge is 0.310 e. The highest BCUT2D eigenvalue weighted by atomic mass is 79.9. The first-order valence-corrected chi connectivity index (χ1v) is 10.4. The van der Waals surface area contributed by atoms with Gasteiger partial charge in [-0.2, -0.15) is 0 Å². The molecule has 0 radical (unpaired) electrons. The van der Waals surface area contributed by atoms with E-state index in [0.29, 0.717) is 21.3 Å². The monoisotopic (exact) mass is 394 g/mol. The molecule has 0 spiro atoms. The van der Waals surface area contributed by atoms with Crippen LogP contribution in [0.4, 0.5) is 0 Å². The summed E-state index contributed by atoms with van der Waals surface area (Å²) in [5.74, 6) is 0. The average molecular weight is 395 g/mol. The summed E-state index contributed by atoms with van der Waals surface area (Å²) in [7, 11) is -3.46. The van der Waals surface area contributed by atoms with Crippen LogP contribution in [-0.4, -0.2) is 20.0 Å². The fourth-order valence-electron chi connectivity index (χ4n) is 2.61. The number of hydrogen-bond acceptors (Lipinski definition) is 4. The fourth-order valence-corrected chi connectivity index (χ4v) is 6.71. The van der Waals surface area contributed by atoms with Gasteiger partial charge < -0.3 is 5.32 Å². The van der Waals surface area contributed by atoms with Crippen molar-refractivity contribution in [1.82, 2.24) is 10.0 Å². The average Bonchev–Trinajstić information content (AvgIpc) is 2.92. The molecule has 2 rings (SSSR count). The van der Waals surface area contributed by atoms with E-state index in [-0.39, 0.29) is 5.54 Å². The molecule has 1 aliphatic rings. The maximum atomic E-state index is 12.6. The topological polar surface area (TPSA) is 58.2 Å². The first kappa shape index (κ1) is 17.4. The molecule has 1 aliphatic carbocycles. The van der Waals surface area contributed by atoms with Crippen LogP contribution in [0.15, 0.2) is 14.7 Å². The number of sulfonamides is 1. The molecule has 1 fully saturated rings. The van der Waals surface area contributed by atoms with Crippen LogP contribution in [0, 0.1) is 0 Å². The standard InChI is InChI=1S/C14H23BrN2O2S2/c1-10(2)16-9-11-8-12(13(15)20-11)21(18,19)17-14(3)6-4-5-7-14/h8,10,16-17H,4-7,9H2,1-3H3. The number of halogens is 1. The van der Waals surface area contributed by atoms with Gasteiger partial charge in [0, 0.05) is 23.0 Å². The molecule has 0 saturated heterocycles. The summed E-state index contributed by atoms with van der Waals surface area (Å²) in [4.78, 5) is 1.38. The molecule has 1 saturated carbocycles. The van der Waals surface area contributed by atoms with Crippen molar-refractivity contribution in [2.75, 3.05) is 0 Å². The van der Waals surface area contributed by atoms with Gasteiger partial charge in [-0.05, 0) is 41.8 Å². The Balaban J connectivity index is 2.16. The van der Waals surface area contributed by atoms with Crippen molar-refractivity contribution in [2.24, 2.45) is 0 Å². The zero-order chi connectivity index (χ0) is 15.7. The SMILES string of the molecule is CC(C)NCc1cc(S(=O)(=O)NC2(C)CCCC2)c(Br)s1. The molecular formula is C14H23BrN2O2S2. The Labute approximate surface area is 139 Å². The van der Waals surface area contributed by atoms with Gasteiger partial charge in [-0.3, -0.25) is 0 Å². The van der Waals surface area contributed by atoms with Crippen LogP contribution >= 0.6 is 27.3 Å². The third kappa shape index (κ3) is 4.51. The Kier molecular flexibility index (Phi) is 5.52. The minimum atomic E-state index is -3.46. The summed E-state index contributed by atoms with van der Waals surface area (Å²) in [5.41, 5.74) is -0.295. The fraction of sp³-hybridized carbons (Fsp3) is 0.714. The van der Waals surface area contributed by atoms with Crippen molar-refractivity contribution >= 4 is 37.3 Å². The molecule has 0 amide bonds. The van der Waals surface area contributed by atoms with Crippen LogP contribution in [0.5, 0.6) is 0 Å². The van der Waals surface area contributed by atoms with E-state index in [1.807, 2.05) is 6.92 Å². The molecule has 2 N–H and O–H groups in total. The second kappa shape index (κ2) is 6.66. The predicted octanol–water partition coefficient (Wildman–Crippen LogP) is 3.62. The van der Waals surface area contributed by atoms with Gasteiger partial charge in [0.25, 0.3) is 0 Å². The zero-order valence-corrected chi connectivity index (χ0v) is 15.9. The van der Waals surface area contributed by atoms with Gasteiger partial charge in [-0.15, -0.1) is 11.3 Å². The van der Waals surface area contributed by atoms with Crippen LogP contribution in [0.25, 0.3) is 0 Å². The Hall–Kier alpha value is 0.0500. The maximum Gasteiger partial charge on any atom is 0.243 e. The molecule has 21 heavy (non-hydrogen) atoms. The number of rotatable bonds is 6. The van der Waals surface area contributed by atoms with Gasteiger partial charge >= 0.3 is 0 Å². The van der Waals surface area contributed by atoms with E-state index in [2.05, 4.69) is 39.8 Å². The number of nitrogens with one attached hydrogen (secondary N) is 2. The number of hydrogen-bond donors (Lipinski definition) is 2. The van der Waals surface area contributed by atoms with E-state index in [4.69, 9.17) is 0 Å². The van der Waals surface area contributed by atoms with E-state index in [1.54, 1.807) is 6.07 Å². The molecule has 1 aromatic heterocycles. The van der Waals surface area contributed by atoms with Crippen LogP contribution < -0.4 is 10.0 Å². The Morgan fingerprint density at radius 3 is 2.57 bits per heavy atom. The second-order valence-electron chi connectivity index (χ2n) is 6.26. The van der Waals surface area contributed by atoms with Gasteiger partial charge in [-0.25, -0.2) is 13.1 Å². The summed E-state index contributed by atoms with van der Waals surface area (Å²) in [6, 6.07) is 2.14. The molecule has 1 aromatic rings. The molecule has 0 aliphatic heterocycles. The first-order valence-electron chi connectivity index (χ1n) is 7.27. The van der Waals surface area contributed by atoms with Crippen LogP contribution in [0.2, 0.25) is 0 Å². The number of thiophene rings is 1. The highest BCUT2D eigenvalue weighted by Gasteiger charge is 2.34. The molecule has 0 bridgehead atoms. The lowest BCUT2D eigenvalue weighted by atomic mass is 10.0. The van der Waals surface area contributed by atoms with Crippen molar-refractivity contribution in [2.45, 2.75) is 69.5 Å². The molecule has 0 atom stereocenters. The van der Waals surface area contributed by atoms with Crippen molar-refractivity contribution < 1.29 is 8.42 Å². The normalized spacial score (nSPS) is 18.5. The van der Waals surface area contributed by atoms with Crippen molar-refractivity contribution in [3.05, 3.63) is 14.7 Å².